The fourth-order valence-corrected chi connectivity index (χ4v) is 3.61. The van der Waals surface area contributed by atoms with E-state index in [-0.39, 0.29) is 23.7 Å². The molecule has 1 unspecified atom stereocenters. The van der Waals surface area contributed by atoms with Gasteiger partial charge in [0, 0.05) is 12.1 Å². The van der Waals surface area contributed by atoms with Crippen LogP contribution >= 0.6 is 0 Å². The standard InChI is InChI=1S/C24H27NO3/c1-15(2)14-20(26)21-22(18-8-6-5-7-9-18)25(24(28)23(21)27)19-12-10-17(11-13-19)16(3)4/h5-13,15-16,22,27H,14H2,1-4H3. The predicted molar refractivity (Wildman–Crippen MR) is 111 cm³/mol. The zero-order chi connectivity index (χ0) is 20.4. The molecule has 1 aliphatic rings. The molecule has 0 spiro atoms. The highest BCUT2D eigenvalue weighted by Gasteiger charge is 2.44. The van der Waals surface area contributed by atoms with Crippen LogP contribution < -0.4 is 4.90 Å². The number of nitrogens with zero attached hydrogens (tertiary/aromatic N) is 1. The van der Waals surface area contributed by atoms with Crippen molar-refractivity contribution in [2.45, 2.75) is 46.1 Å². The zero-order valence-electron chi connectivity index (χ0n) is 16.8. The van der Waals surface area contributed by atoms with Crippen LogP contribution in [-0.4, -0.2) is 16.8 Å². The van der Waals surface area contributed by atoms with Gasteiger partial charge in [0.25, 0.3) is 5.91 Å². The first kappa shape index (κ1) is 19.9. The molecule has 1 atom stereocenters. The minimum absolute atomic E-state index is 0.138. The minimum atomic E-state index is -0.621. The third-order valence-corrected chi connectivity index (χ3v) is 5.06. The molecule has 0 radical (unpaired) electrons. The van der Waals surface area contributed by atoms with Crippen LogP contribution in [0.3, 0.4) is 0 Å². The van der Waals surface area contributed by atoms with Gasteiger partial charge in [-0.2, -0.15) is 0 Å². The van der Waals surface area contributed by atoms with Crippen molar-refractivity contribution in [1.82, 2.24) is 0 Å². The summed E-state index contributed by atoms with van der Waals surface area (Å²) in [6.45, 7) is 8.12. The monoisotopic (exact) mass is 377 g/mol. The number of anilines is 1. The summed E-state index contributed by atoms with van der Waals surface area (Å²) in [6.07, 6.45) is 0.288. The molecule has 1 amide bonds. The molecule has 4 nitrogen and oxygen atoms in total. The Balaban J connectivity index is 2.09. The van der Waals surface area contributed by atoms with Crippen LogP contribution in [0.1, 0.15) is 57.2 Å². The maximum absolute atomic E-state index is 13.0. The molecule has 3 rings (SSSR count). The lowest BCUT2D eigenvalue weighted by Crippen LogP contribution is -2.31. The van der Waals surface area contributed by atoms with Crippen LogP contribution in [0, 0.1) is 5.92 Å². The molecule has 2 aromatic carbocycles. The van der Waals surface area contributed by atoms with Gasteiger partial charge in [0.2, 0.25) is 0 Å². The van der Waals surface area contributed by atoms with Crippen molar-refractivity contribution in [1.29, 1.82) is 0 Å². The van der Waals surface area contributed by atoms with E-state index < -0.39 is 17.7 Å². The summed E-state index contributed by atoms with van der Waals surface area (Å²) in [6, 6.07) is 16.5. The third-order valence-electron chi connectivity index (χ3n) is 5.06. The molecule has 0 aliphatic carbocycles. The van der Waals surface area contributed by atoms with Crippen LogP contribution in [0.5, 0.6) is 0 Å². The average Bonchev–Trinajstić information content (AvgIpc) is 2.93. The molecule has 2 aromatic rings. The van der Waals surface area contributed by atoms with Crippen molar-refractivity contribution in [3.63, 3.8) is 0 Å². The maximum atomic E-state index is 13.0. The molecule has 0 saturated heterocycles. The van der Waals surface area contributed by atoms with E-state index in [0.717, 1.165) is 5.56 Å². The highest BCUT2D eigenvalue weighted by atomic mass is 16.3. The van der Waals surface area contributed by atoms with Crippen LogP contribution in [0.2, 0.25) is 0 Å². The average molecular weight is 377 g/mol. The summed E-state index contributed by atoms with van der Waals surface area (Å²) in [7, 11) is 0. The summed E-state index contributed by atoms with van der Waals surface area (Å²) in [5.74, 6) is -0.636. The van der Waals surface area contributed by atoms with Gasteiger partial charge in [0.05, 0.1) is 11.6 Å². The highest BCUT2D eigenvalue weighted by Crippen LogP contribution is 2.41. The van der Waals surface area contributed by atoms with Gasteiger partial charge in [-0.1, -0.05) is 70.2 Å². The van der Waals surface area contributed by atoms with E-state index in [1.165, 1.54) is 10.5 Å². The molecule has 0 bridgehead atoms. The fourth-order valence-electron chi connectivity index (χ4n) is 3.61. The molecular weight excluding hydrogens is 350 g/mol. The second-order valence-corrected chi connectivity index (χ2v) is 8.02. The van der Waals surface area contributed by atoms with Gasteiger partial charge in [-0.3, -0.25) is 14.5 Å². The van der Waals surface area contributed by atoms with E-state index in [2.05, 4.69) is 13.8 Å². The van der Waals surface area contributed by atoms with Crippen LogP contribution in [0.4, 0.5) is 5.69 Å². The van der Waals surface area contributed by atoms with E-state index in [9.17, 15) is 14.7 Å². The van der Waals surface area contributed by atoms with E-state index in [0.29, 0.717) is 11.6 Å². The minimum Gasteiger partial charge on any atom is -0.503 e. The van der Waals surface area contributed by atoms with Crippen LogP contribution in [-0.2, 0) is 9.59 Å². The van der Waals surface area contributed by atoms with Crippen LogP contribution in [0.15, 0.2) is 65.9 Å². The molecule has 1 aliphatic heterocycles. The van der Waals surface area contributed by atoms with Crippen molar-refractivity contribution in [3.05, 3.63) is 77.1 Å². The van der Waals surface area contributed by atoms with Gasteiger partial charge in [-0.15, -0.1) is 0 Å². The predicted octanol–water partition coefficient (Wildman–Crippen LogP) is 5.33. The Morgan fingerprint density at radius 3 is 2.14 bits per heavy atom. The second kappa shape index (κ2) is 8.01. The molecule has 1 N–H and O–H groups in total. The Morgan fingerprint density at radius 2 is 1.61 bits per heavy atom. The zero-order valence-corrected chi connectivity index (χ0v) is 16.8. The third kappa shape index (κ3) is 3.72. The number of hydrogen-bond acceptors (Lipinski definition) is 3. The van der Waals surface area contributed by atoms with Crippen molar-refractivity contribution in [3.8, 4) is 0 Å². The van der Waals surface area contributed by atoms with Crippen molar-refractivity contribution in [2.24, 2.45) is 5.92 Å². The van der Waals surface area contributed by atoms with Crippen molar-refractivity contribution < 1.29 is 14.7 Å². The largest absolute Gasteiger partial charge is 0.503 e. The lowest BCUT2D eigenvalue weighted by atomic mass is 9.92. The number of carbonyl (C=O) groups excluding carboxylic acids is 2. The summed E-state index contributed by atoms with van der Waals surface area (Å²) in [5, 5.41) is 10.6. The van der Waals surface area contributed by atoms with E-state index in [4.69, 9.17) is 0 Å². The van der Waals surface area contributed by atoms with Gasteiger partial charge in [-0.05, 0) is 35.1 Å². The Bertz CT molecular complexity index is 895. The Morgan fingerprint density at radius 1 is 1.00 bits per heavy atom. The fraction of sp³-hybridized carbons (Fsp3) is 0.333. The number of ketones is 1. The molecule has 28 heavy (non-hydrogen) atoms. The number of carbonyl (C=O) groups is 2. The number of aliphatic hydroxyl groups excluding tert-OH is 1. The van der Waals surface area contributed by atoms with E-state index >= 15 is 0 Å². The molecule has 0 aromatic heterocycles. The normalized spacial score (nSPS) is 17.1. The molecule has 0 fully saturated rings. The highest BCUT2D eigenvalue weighted by molar-refractivity contribution is 6.16. The first-order chi connectivity index (χ1) is 13.3. The summed E-state index contributed by atoms with van der Waals surface area (Å²) < 4.78 is 0. The second-order valence-electron chi connectivity index (χ2n) is 8.02. The van der Waals surface area contributed by atoms with Gasteiger partial charge >= 0.3 is 0 Å². The topological polar surface area (TPSA) is 57.6 Å². The molecular formula is C24H27NO3. The number of amides is 1. The number of aliphatic hydroxyl groups is 1. The molecule has 1 heterocycles. The lowest BCUT2D eigenvalue weighted by Gasteiger charge is -2.27. The summed E-state index contributed by atoms with van der Waals surface area (Å²) in [4.78, 5) is 27.4. The first-order valence-electron chi connectivity index (χ1n) is 9.76. The first-order valence-corrected chi connectivity index (χ1v) is 9.76. The SMILES string of the molecule is CC(C)CC(=O)C1=C(O)C(=O)N(c2ccc(C(C)C)cc2)C1c1ccccc1. The number of hydrogen-bond donors (Lipinski definition) is 1. The molecule has 4 heteroatoms. The van der Waals surface area contributed by atoms with Gasteiger partial charge in [0.15, 0.2) is 11.5 Å². The quantitative estimate of drug-likeness (QED) is 0.741. The Labute approximate surface area is 166 Å². The Hall–Kier alpha value is -2.88. The van der Waals surface area contributed by atoms with E-state index in [1.807, 2.05) is 68.4 Å². The van der Waals surface area contributed by atoms with Gasteiger partial charge < -0.3 is 5.11 Å². The number of rotatable bonds is 6. The number of benzene rings is 2. The van der Waals surface area contributed by atoms with Gasteiger partial charge in [0.1, 0.15) is 0 Å². The van der Waals surface area contributed by atoms with Crippen molar-refractivity contribution in [2.75, 3.05) is 4.90 Å². The lowest BCUT2D eigenvalue weighted by molar-refractivity contribution is -0.118. The van der Waals surface area contributed by atoms with Gasteiger partial charge in [-0.25, -0.2) is 0 Å². The smallest absolute Gasteiger partial charge is 0.294 e. The maximum Gasteiger partial charge on any atom is 0.294 e. The summed E-state index contributed by atoms with van der Waals surface area (Å²) in [5.41, 5.74) is 2.83. The van der Waals surface area contributed by atoms with Crippen LogP contribution in [0.25, 0.3) is 0 Å². The molecule has 0 saturated carbocycles. The number of Topliss-reactive ketones (excluding diaryl/α,β-unsaturated/α-hetero) is 1. The van der Waals surface area contributed by atoms with E-state index in [1.54, 1.807) is 0 Å². The molecule has 146 valence electrons. The van der Waals surface area contributed by atoms with Crippen molar-refractivity contribution >= 4 is 17.4 Å². The summed E-state index contributed by atoms with van der Waals surface area (Å²) >= 11 is 0. The Kier molecular flexibility index (Phi) is 5.68.